The predicted octanol–water partition coefficient (Wildman–Crippen LogP) is 1.71. The average Bonchev–Trinajstić information content (AvgIpc) is 3.15. The molecule has 30 heavy (non-hydrogen) atoms. The van der Waals surface area contributed by atoms with Crippen LogP contribution in [0.25, 0.3) is 0 Å². The Labute approximate surface area is 174 Å². The number of para-hydroxylation sites is 1. The van der Waals surface area contributed by atoms with E-state index in [2.05, 4.69) is 0 Å². The van der Waals surface area contributed by atoms with E-state index in [9.17, 15) is 22.4 Å². The first-order valence-corrected chi connectivity index (χ1v) is 11.2. The fourth-order valence-corrected chi connectivity index (χ4v) is 5.42. The van der Waals surface area contributed by atoms with Crippen molar-refractivity contribution in [3.63, 3.8) is 0 Å². The van der Waals surface area contributed by atoms with Crippen molar-refractivity contribution in [2.45, 2.75) is 11.3 Å². The Morgan fingerprint density at radius 3 is 2.23 bits per heavy atom. The molecule has 2 amide bonds. The molecule has 0 spiro atoms. The number of nitrogens with zero attached hydrogens (tertiary/aromatic N) is 3. The lowest BCUT2D eigenvalue weighted by atomic mass is 10.1. The van der Waals surface area contributed by atoms with Crippen molar-refractivity contribution in [2.24, 2.45) is 5.92 Å². The minimum atomic E-state index is -3.96. The molecule has 0 saturated carbocycles. The molecule has 1 atom stereocenters. The topological polar surface area (TPSA) is 78.0 Å². The van der Waals surface area contributed by atoms with Crippen LogP contribution in [-0.2, 0) is 19.6 Å². The molecule has 9 heteroatoms. The van der Waals surface area contributed by atoms with Crippen LogP contribution in [0.2, 0.25) is 0 Å². The zero-order valence-corrected chi connectivity index (χ0v) is 17.1. The fraction of sp³-hybridized carbons (Fsp3) is 0.333. The van der Waals surface area contributed by atoms with Crippen molar-refractivity contribution in [3.8, 4) is 0 Å². The van der Waals surface area contributed by atoms with Gasteiger partial charge in [-0.2, -0.15) is 4.31 Å². The first-order chi connectivity index (χ1) is 14.4. The van der Waals surface area contributed by atoms with Gasteiger partial charge in [0.2, 0.25) is 21.8 Å². The molecule has 2 heterocycles. The van der Waals surface area contributed by atoms with Crippen LogP contribution in [0.1, 0.15) is 6.42 Å². The quantitative estimate of drug-likeness (QED) is 0.739. The van der Waals surface area contributed by atoms with E-state index >= 15 is 0 Å². The summed E-state index contributed by atoms with van der Waals surface area (Å²) in [4.78, 5) is 28.2. The van der Waals surface area contributed by atoms with Gasteiger partial charge < -0.3 is 9.80 Å². The molecule has 0 aliphatic carbocycles. The molecule has 0 unspecified atom stereocenters. The Balaban J connectivity index is 1.39. The van der Waals surface area contributed by atoms with Gasteiger partial charge in [0, 0.05) is 44.8 Å². The number of benzene rings is 2. The van der Waals surface area contributed by atoms with Gasteiger partial charge in [-0.25, -0.2) is 12.8 Å². The summed E-state index contributed by atoms with van der Waals surface area (Å²) < 4.78 is 40.6. The minimum absolute atomic E-state index is 0.0888. The first kappa shape index (κ1) is 20.5. The van der Waals surface area contributed by atoms with E-state index in [0.717, 1.165) is 11.8 Å². The SMILES string of the molecule is O=C([C@@H]1CC(=O)N(c2ccccc2)C1)N1CCN(S(=O)(=O)c2ccccc2F)CC1. The van der Waals surface area contributed by atoms with E-state index in [4.69, 9.17) is 0 Å². The number of rotatable bonds is 4. The highest BCUT2D eigenvalue weighted by Gasteiger charge is 2.39. The number of anilines is 1. The molecule has 2 aliphatic rings. The van der Waals surface area contributed by atoms with Gasteiger partial charge in [-0.3, -0.25) is 9.59 Å². The van der Waals surface area contributed by atoms with Gasteiger partial charge in [-0.05, 0) is 24.3 Å². The molecular formula is C21H22FN3O4S. The van der Waals surface area contributed by atoms with Gasteiger partial charge >= 0.3 is 0 Å². The van der Waals surface area contributed by atoms with E-state index in [-0.39, 0.29) is 49.3 Å². The molecule has 158 valence electrons. The molecule has 2 aromatic rings. The number of hydrogen-bond acceptors (Lipinski definition) is 4. The maximum Gasteiger partial charge on any atom is 0.246 e. The van der Waals surface area contributed by atoms with Crippen molar-refractivity contribution in [1.82, 2.24) is 9.21 Å². The normalized spacial score (nSPS) is 20.6. The fourth-order valence-electron chi connectivity index (χ4n) is 3.93. The predicted molar refractivity (Wildman–Crippen MR) is 109 cm³/mol. The van der Waals surface area contributed by atoms with E-state index in [1.54, 1.807) is 9.80 Å². The van der Waals surface area contributed by atoms with Gasteiger partial charge in [0.05, 0.1) is 5.92 Å². The van der Waals surface area contributed by atoms with Gasteiger partial charge in [-0.15, -0.1) is 0 Å². The number of piperazine rings is 1. The van der Waals surface area contributed by atoms with Crippen molar-refractivity contribution in [2.75, 3.05) is 37.6 Å². The molecule has 7 nitrogen and oxygen atoms in total. The van der Waals surface area contributed by atoms with Crippen molar-refractivity contribution < 1.29 is 22.4 Å². The van der Waals surface area contributed by atoms with Crippen molar-refractivity contribution >= 4 is 27.5 Å². The van der Waals surface area contributed by atoms with E-state index in [1.807, 2.05) is 30.3 Å². The highest BCUT2D eigenvalue weighted by Crippen LogP contribution is 2.27. The Hall–Kier alpha value is -2.78. The average molecular weight is 431 g/mol. The molecule has 2 aromatic carbocycles. The molecule has 4 rings (SSSR count). The Bertz CT molecular complexity index is 1050. The maximum atomic E-state index is 14.0. The van der Waals surface area contributed by atoms with Crippen LogP contribution in [0.3, 0.4) is 0 Å². The Morgan fingerprint density at radius 1 is 0.933 bits per heavy atom. The van der Waals surface area contributed by atoms with Crippen LogP contribution in [-0.4, -0.2) is 62.2 Å². The second-order valence-corrected chi connectivity index (χ2v) is 9.31. The Morgan fingerprint density at radius 2 is 1.57 bits per heavy atom. The summed E-state index contributed by atoms with van der Waals surface area (Å²) >= 11 is 0. The highest BCUT2D eigenvalue weighted by molar-refractivity contribution is 7.89. The third kappa shape index (κ3) is 3.82. The number of sulfonamides is 1. The smallest absolute Gasteiger partial charge is 0.246 e. The van der Waals surface area contributed by atoms with E-state index in [1.165, 1.54) is 22.5 Å². The molecule has 0 N–H and O–H groups in total. The summed E-state index contributed by atoms with van der Waals surface area (Å²) in [5.41, 5.74) is 0.763. The summed E-state index contributed by atoms with van der Waals surface area (Å²) in [5, 5.41) is 0. The molecular weight excluding hydrogens is 409 g/mol. The van der Waals surface area contributed by atoms with Crippen LogP contribution in [0.15, 0.2) is 59.5 Å². The Kier molecular flexibility index (Phi) is 5.57. The zero-order valence-electron chi connectivity index (χ0n) is 16.3. The molecule has 2 saturated heterocycles. The van der Waals surface area contributed by atoms with Crippen LogP contribution in [0, 0.1) is 11.7 Å². The van der Waals surface area contributed by atoms with Gasteiger partial charge in [0.25, 0.3) is 0 Å². The number of carbonyl (C=O) groups is 2. The summed E-state index contributed by atoms with van der Waals surface area (Å²) in [5.74, 6) is -1.49. The molecule has 2 aliphatic heterocycles. The molecule has 0 bridgehead atoms. The van der Waals surface area contributed by atoms with E-state index < -0.39 is 21.8 Å². The highest BCUT2D eigenvalue weighted by atomic mass is 32.2. The number of hydrogen-bond donors (Lipinski definition) is 0. The van der Waals surface area contributed by atoms with Crippen molar-refractivity contribution in [3.05, 3.63) is 60.4 Å². The maximum absolute atomic E-state index is 14.0. The second-order valence-electron chi connectivity index (χ2n) is 7.40. The van der Waals surface area contributed by atoms with Crippen LogP contribution < -0.4 is 4.90 Å². The van der Waals surface area contributed by atoms with Crippen LogP contribution in [0.5, 0.6) is 0 Å². The van der Waals surface area contributed by atoms with Crippen LogP contribution in [0.4, 0.5) is 10.1 Å². The second kappa shape index (κ2) is 8.16. The lowest BCUT2D eigenvalue weighted by molar-refractivity contribution is -0.136. The van der Waals surface area contributed by atoms with Crippen LogP contribution >= 0.6 is 0 Å². The van der Waals surface area contributed by atoms with Gasteiger partial charge in [0.1, 0.15) is 10.7 Å². The monoisotopic (exact) mass is 431 g/mol. The summed E-state index contributed by atoms with van der Waals surface area (Å²) in [6.45, 7) is 0.914. The minimum Gasteiger partial charge on any atom is -0.340 e. The standard InChI is InChI=1S/C21H22FN3O4S/c22-18-8-4-5-9-19(18)30(28,29)24-12-10-23(11-13-24)21(27)16-14-20(26)25(15-16)17-6-2-1-3-7-17/h1-9,16H,10-15H2/t16-/m1/s1. The number of amides is 2. The lowest BCUT2D eigenvalue weighted by Gasteiger charge is -2.35. The largest absolute Gasteiger partial charge is 0.340 e. The third-order valence-electron chi connectivity index (χ3n) is 5.55. The third-order valence-corrected chi connectivity index (χ3v) is 7.48. The zero-order chi connectivity index (χ0) is 21.3. The van der Waals surface area contributed by atoms with Crippen molar-refractivity contribution in [1.29, 1.82) is 0 Å². The van der Waals surface area contributed by atoms with E-state index in [0.29, 0.717) is 6.54 Å². The molecule has 2 fully saturated rings. The van der Waals surface area contributed by atoms with Gasteiger partial charge in [-0.1, -0.05) is 30.3 Å². The molecule has 0 radical (unpaired) electrons. The summed E-state index contributed by atoms with van der Waals surface area (Å²) in [7, 11) is -3.96. The molecule has 0 aromatic heterocycles. The lowest BCUT2D eigenvalue weighted by Crippen LogP contribution is -2.52. The van der Waals surface area contributed by atoms with Gasteiger partial charge in [0.15, 0.2) is 0 Å². The first-order valence-electron chi connectivity index (χ1n) is 9.77. The summed E-state index contributed by atoms with van der Waals surface area (Å²) in [6, 6.07) is 14.5. The number of carbonyl (C=O) groups excluding carboxylic acids is 2. The number of halogens is 1. The summed E-state index contributed by atoms with van der Waals surface area (Å²) in [6.07, 6.45) is 0.140.